The molecule has 4 rings (SSSR count). The number of aryl methyl sites for hydroxylation is 1. The van der Waals surface area contributed by atoms with Gasteiger partial charge in [0.2, 0.25) is 5.91 Å². The zero-order valence-electron chi connectivity index (χ0n) is 21.6. The number of rotatable bonds is 11. The topological polar surface area (TPSA) is 76.1 Å². The van der Waals surface area contributed by atoms with Crippen molar-refractivity contribution in [3.63, 3.8) is 0 Å². The molecule has 1 aliphatic rings. The first kappa shape index (κ1) is 27.2. The normalized spacial score (nSPS) is 17.0. The molecule has 7 heteroatoms. The molecule has 0 bridgehead atoms. The standard InChI is InChI=1S/C31H34FNO5/c1-37-28-9-2-3-10-29(28)38-27-17-15-24(16-18-27)30(34)33(19-5-7-22-6-4-8-26(32)20-22)21-23-11-13-25(14-12-23)31(35)36/h2-4,6,8-14,20,24,27H,5,7,15-19,21H2,1H3,(H,35,36)/t24-,27+. The van der Waals surface area contributed by atoms with Gasteiger partial charge in [-0.25, -0.2) is 9.18 Å². The second-order valence-electron chi connectivity index (χ2n) is 9.74. The highest BCUT2D eigenvalue weighted by Crippen LogP contribution is 2.33. The molecule has 0 unspecified atom stereocenters. The number of hydrogen-bond acceptors (Lipinski definition) is 4. The molecule has 6 nitrogen and oxygen atoms in total. The molecule has 1 amide bonds. The van der Waals surface area contributed by atoms with Crippen molar-refractivity contribution in [2.24, 2.45) is 5.92 Å². The molecule has 38 heavy (non-hydrogen) atoms. The number of carboxylic acid groups (broad SMARTS) is 1. The summed E-state index contributed by atoms with van der Waals surface area (Å²) in [5.41, 5.74) is 1.99. The average Bonchev–Trinajstić information content (AvgIpc) is 2.93. The first-order chi connectivity index (χ1) is 18.4. The maximum absolute atomic E-state index is 13.7. The van der Waals surface area contributed by atoms with Gasteiger partial charge in [0.05, 0.1) is 18.8 Å². The van der Waals surface area contributed by atoms with Crippen molar-refractivity contribution in [1.82, 2.24) is 4.90 Å². The van der Waals surface area contributed by atoms with Crippen LogP contribution in [-0.2, 0) is 17.8 Å². The van der Waals surface area contributed by atoms with Gasteiger partial charge in [0, 0.05) is 19.0 Å². The third-order valence-electron chi connectivity index (χ3n) is 7.05. The lowest BCUT2D eigenvalue weighted by Crippen LogP contribution is -2.39. The zero-order chi connectivity index (χ0) is 26.9. The lowest BCUT2D eigenvalue weighted by molar-refractivity contribution is -0.137. The highest BCUT2D eigenvalue weighted by molar-refractivity contribution is 5.87. The average molecular weight is 520 g/mol. The SMILES string of the molecule is COc1ccccc1O[C@H]1CC[C@@H](C(=O)N(CCCc2cccc(F)c2)Cc2ccc(C(=O)O)cc2)CC1. The monoisotopic (exact) mass is 519 g/mol. The quantitative estimate of drug-likeness (QED) is 0.330. The summed E-state index contributed by atoms with van der Waals surface area (Å²) in [6.07, 6.45) is 4.42. The Balaban J connectivity index is 1.39. The lowest BCUT2D eigenvalue weighted by Gasteiger charge is -2.32. The van der Waals surface area contributed by atoms with Crippen LogP contribution in [0.1, 0.15) is 53.6 Å². The summed E-state index contributed by atoms with van der Waals surface area (Å²) in [6.45, 7) is 0.938. The Morgan fingerprint density at radius 1 is 0.921 bits per heavy atom. The molecule has 0 heterocycles. The van der Waals surface area contributed by atoms with Crippen LogP contribution in [0.5, 0.6) is 11.5 Å². The van der Waals surface area contributed by atoms with E-state index in [1.54, 1.807) is 37.4 Å². The Kier molecular flexibility index (Phi) is 9.35. The first-order valence-electron chi connectivity index (χ1n) is 13.1. The minimum Gasteiger partial charge on any atom is -0.493 e. The third kappa shape index (κ3) is 7.34. The van der Waals surface area contributed by atoms with Crippen LogP contribution in [0.3, 0.4) is 0 Å². The van der Waals surface area contributed by atoms with Gasteiger partial charge in [0.15, 0.2) is 11.5 Å². The number of para-hydroxylation sites is 2. The predicted octanol–water partition coefficient (Wildman–Crippen LogP) is 6.13. The van der Waals surface area contributed by atoms with Crippen molar-refractivity contribution >= 4 is 11.9 Å². The highest BCUT2D eigenvalue weighted by Gasteiger charge is 2.30. The second kappa shape index (κ2) is 13.1. The molecule has 1 fully saturated rings. The number of carbonyl (C=O) groups is 2. The van der Waals surface area contributed by atoms with Crippen LogP contribution in [0.15, 0.2) is 72.8 Å². The summed E-state index contributed by atoms with van der Waals surface area (Å²) in [6, 6.07) is 20.8. The van der Waals surface area contributed by atoms with Crippen LogP contribution >= 0.6 is 0 Å². The maximum Gasteiger partial charge on any atom is 0.335 e. The molecular formula is C31H34FNO5. The van der Waals surface area contributed by atoms with Gasteiger partial charge in [0.1, 0.15) is 5.82 Å². The first-order valence-corrected chi connectivity index (χ1v) is 13.1. The summed E-state index contributed by atoms with van der Waals surface area (Å²) in [5.74, 6) is 0.174. The van der Waals surface area contributed by atoms with E-state index >= 15 is 0 Å². The number of aromatic carboxylic acids is 1. The Labute approximate surface area is 223 Å². The maximum atomic E-state index is 13.7. The fourth-order valence-electron chi connectivity index (χ4n) is 4.99. The van der Waals surface area contributed by atoms with Crippen molar-refractivity contribution < 1.29 is 28.6 Å². The van der Waals surface area contributed by atoms with Gasteiger partial charge in [0.25, 0.3) is 0 Å². The molecule has 200 valence electrons. The van der Waals surface area contributed by atoms with E-state index in [9.17, 15) is 19.1 Å². The minimum absolute atomic E-state index is 0.0281. The Morgan fingerprint density at radius 2 is 1.63 bits per heavy atom. The van der Waals surface area contributed by atoms with Crippen molar-refractivity contribution in [1.29, 1.82) is 0 Å². The van der Waals surface area contributed by atoms with E-state index in [1.165, 1.54) is 12.1 Å². The summed E-state index contributed by atoms with van der Waals surface area (Å²) in [5, 5.41) is 9.20. The molecular weight excluding hydrogens is 485 g/mol. The van der Waals surface area contributed by atoms with E-state index < -0.39 is 5.97 Å². The van der Waals surface area contributed by atoms with Crippen LogP contribution < -0.4 is 9.47 Å². The van der Waals surface area contributed by atoms with Gasteiger partial charge in [-0.2, -0.15) is 0 Å². The van der Waals surface area contributed by atoms with Crippen molar-refractivity contribution in [2.45, 2.75) is 51.2 Å². The molecule has 1 aliphatic carbocycles. The number of ether oxygens (including phenoxy) is 2. The van der Waals surface area contributed by atoms with Gasteiger partial charge in [-0.3, -0.25) is 4.79 Å². The van der Waals surface area contributed by atoms with Crippen LogP contribution in [0, 0.1) is 11.7 Å². The minimum atomic E-state index is -0.980. The summed E-state index contributed by atoms with van der Waals surface area (Å²) in [7, 11) is 1.62. The molecule has 0 atom stereocenters. The van der Waals surface area contributed by atoms with Crippen LogP contribution in [-0.4, -0.2) is 41.6 Å². The molecule has 0 aromatic heterocycles. The Hall–Kier alpha value is -3.87. The number of hydrogen-bond donors (Lipinski definition) is 1. The van der Waals surface area contributed by atoms with E-state index in [2.05, 4.69) is 0 Å². The van der Waals surface area contributed by atoms with Gasteiger partial charge < -0.3 is 19.5 Å². The largest absolute Gasteiger partial charge is 0.493 e. The molecule has 3 aromatic rings. The van der Waals surface area contributed by atoms with Crippen molar-refractivity contribution in [3.05, 3.63) is 95.3 Å². The smallest absolute Gasteiger partial charge is 0.335 e. The Morgan fingerprint density at radius 3 is 2.29 bits per heavy atom. The predicted molar refractivity (Wildman–Crippen MR) is 143 cm³/mol. The number of methoxy groups -OCH3 is 1. The zero-order valence-corrected chi connectivity index (χ0v) is 21.6. The van der Waals surface area contributed by atoms with E-state index in [1.807, 2.05) is 35.2 Å². The van der Waals surface area contributed by atoms with Crippen LogP contribution in [0.2, 0.25) is 0 Å². The third-order valence-corrected chi connectivity index (χ3v) is 7.05. The molecule has 0 radical (unpaired) electrons. The van der Waals surface area contributed by atoms with Crippen LogP contribution in [0.25, 0.3) is 0 Å². The van der Waals surface area contributed by atoms with E-state index in [0.29, 0.717) is 37.4 Å². The van der Waals surface area contributed by atoms with Crippen molar-refractivity contribution in [2.75, 3.05) is 13.7 Å². The van der Waals surface area contributed by atoms with Gasteiger partial charge >= 0.3 is 5.97 Å². The van der Waals surface area contributed by atoms with E-state index in [-0.39, 0.29) is 29.3 Å². The van der Waals surface area contributed by atoms with E-state index in [4.69, 9.17) is 9.47 Å². The highest BCUT2D eigenvalue weighted by atomic mass is 19.1. The van der Waals surface area contributed by atoms with Gasteiger partial charge in [-0.1, -0.05) is 36.4 Å². The number of nitrogens with zero attached hydrogens (tertiary/aromatic N) is 1. The summed E-state index contributed by atoms with van der Waals surface area (Å²) < 4.78 is 25.2. The lowest BCUT2D eigenvalue weighted by atomic mass is 9.86. The summed E-state index contributed by atoms with van der Waals surface area (Å²) >= 11 is 0. The second-order valence-corrected chi connectivity index (χ2v) is 9.74. The molecule has 1 saturated carbocycles. The fraction of sp³-hybridized carbons (Fsp3) is 0.355. The number of carboxylic acids is 1. The molecule has 0 spiro atoms. The van der Waals surface area contributed by atoms with Crippen molar-refractivity contribution in [3.8, 4) is 11.5 Å². The summed E-state index contributed by atoms with van der Waals surface area (Å²) in [4.78, 5) is 26.7. The fourth-order valence-corrected chi connectivity index (χ4v) is 4.99. The molecule has 0 aliphatic heterocycles. The molecule has 1 N–H and O–H groups in total. The number of halogens is 1. The molecule has 0 saturated heterocycles. The molecule has 3 aromatic carbocycles. The Bertz CT molecular complexity index is 1220. The van der Waals surface area contributed by atoms with E-state index in [0.717, 1.165) is 36.8 Å². The number of carbonyl (C=O) groups excluding carboxylic acids is 1. The number of benzene rings is 3. The number of amides is 1. The van der Waals surface area contributed by atoms with Gasteiger partial charge in [-0.05, 0) is 86.1 Å². The van der Waals surface area contributed by atoms with Gasteiger partial charge in [-0.15, -0.1) is 0 Å². The van der Waals surface area contributed by atoms with Crippen LogP contribution in [0.4, 0.5) is 4.39 Å².